The molecule has 1 aliphatic heterocycles. The third-order valence-corrected chi connectivity index (χ3v) is 5.47. The zero-order valence-corrected chi connectivity index (χ0v) is 18.4. The summed E-state index contributed by atoms with van der Waals surface area (Å²) in [5.74, 6) is 1.74. The molecule has 0 aromatic heterocycles. The highest BCUT2D eigenvalue weighted by molar-refractivity contribution is 5.79. The first-order chi connectivity index (χ1) is 13.4. The third-order valence-electron chi connectivity index (χ3n) is 5.47. The van der Waals surface area contributed by atoms with Gasteiger partial charge in [0.2, 0.25) is 0 Å². The van der Waals surface area contributed by atoms with Gasteiger partial charge in [-0.25, -0.2) is 0 Å². The van der Waals surface area contributed by atoms with Crippen LogP contribution in [0, 0.1) is 5.41 Å². The van der Waals surface area contributed by atoms with E-state index in [1.54, 1.807) is 14.2 Å². The van der Waals surface area contributed by atoms with Crippen molar-refractivity contribution in [1.29, 1.82) is 0 Å². The highest BCUT2D eigenvalue weighted by atomic mass is 16.5. The van der Waals surface area contributed by atoms with Crippen LogP contribution < -0.4 is 15.4 Å². The number of hydrogen-bond acceptors (Lipinski definition) is 4. The fourth-order valence-corrected chi connectivity index (χ4v) is 3.78. The minimum absolute atomic E-state index is 0.0656. The maximum atomic E-state index is 5.65. The van der Waals surface area contributed by atoms with E-state index in [-0.39, 0.29) is 17.6 Å². The van der Waals surface area contributed by atoms with Gasteiger partial charge in [0.25, 0.3) is 0 Å². The molecule has 1 aromatic rings. The van der Waals surface area contributed by atoms with Crippen LogP contribution in [0.25, 0.3) is 0 Å². The van der Waals surface area contributed by atoms with Gasteiger partial charge >= 0.3 is 0 Å². The maximum Gasteiger partial charge on any atom is 0.191 e. The molecule has 0 spiro atoms. The minimum Gasteiger partial charge on any atom is -0.496 e. The second-order valence-electron chi connectivity index (χ2n) is 8.43. The summed E-state index contributed by atoms with van der Waals surface area (Å²) < 4.78 is 11.3. The molecule has 2 unspecified atom stereocenters. The summed E-state index contributed by atoms with van der Waals surface area (Å²) in [4.78, 5) is 6.93. The number of nitrogens with zero attached hydrogens (tertiary/aromatic N) is 2. The lowest BCUT2D eigenvalue weighted by Crippen LogP contribution is -2.47. The van der Waals surface area contributed by atoms with Crippen LogP contribution in [-0.2, 0) is 4.74 Å². The van der Waals surface area contributed by atoms with E-state index in [1.807, 2.05) is 19.2 Å². The lowest BCUT2D eigenvalue weighted by atomic mass is 9.89. The van der Waals surface area contributed by atoms with Crippen molar-refractivity contribution in [2.24, 2.45) is 10.4 Å². The average Bonchev–Trinajstić information content (AvgIpc) is 3.20. The summed E-state index contributed by atoms with van der Waals surface area (Å²) in [6.07, 6.45) is 2.61. The Morgan fingerprint density at radius 3 is 2.32 bits per heavy atom. The molecule has 0 bridgehead atoms. The van der Waals surface area contributed by atoms with Gasteiger partial charge in [-0.15, -0.1) is 0 Å². The first-order valence-corrected chi connectivity index (χ1v) is 10.2. The van der Waals surface area contributed by atoms with Crippen molar-refractivity contribution in [3.8, 4) is 5.75 Å². The van der Waals surface area contributed by atoms with E-state index in [0.717, 1.165) is 31.3 Å². The first kappa shape index (κ1) is 22.5. The number of nitrogens with one attached hydrogen (secondary N) is 2. The molecule has 0 saturated carbocycles. The van der Waals surface area contributed by atoms with Crippen LogP contribution in [0.3, 0.4) is 0 Å². The second-order valence-corrected chi connectivity index (χ2v) is 8.43. The van der Waals surface area contributed by atoms with E-state index < -0.39 is 0 Å². The van der Waals surface area contributed by atoms with Gasteiger partial charge in [-0.2, -0.15) is 0 Å². The van der Waals surface area contributed by atoms with Gasteiger partial charge in [0.05, 0.1) is 19.3 Å². The van der Waals surface area contributed by atoms with E-state index in [1.165, 1.54) is 18.4 Å². The summed E-state index contributed by atoms with van der Waals surface area (Å²) in [6.45, 7) is 10.3. The lowest BCUT2D eigenvalue weighted by Gasteiger charge is -2.31. The summed E-state index contributed by atoms with van der Waals surface area (Å²) in [6, 6.07) is 8.56. The van der Waals surface area contributed by atoms with Crippen LogP contribution in [0.5, 0.6) is 5.75 Å². The van der Waals surface area contributed by atoms with Gasteiger partial charge in [0, 0.05) is 32.8 Å². The fourth-order valence-electron chi connectivity index (χ4n) is 3.78. The fraction of sp³-hybridized carbons (Fsp3) is 0.682. The largest absolute Gasteiger partial charge is 0.496 e. The van der Waals surface area contributed by atoms with Crippen LogP contribution in [0.4, 0.5) is 0 Å². The predicted molar refractivity (Wildman–Crippen MR) is 116 cm³/mol. The van der Waals surface area contributed by atoms with Gasteiger partial charge in [0.1, 0.15) is 5.75 Å². The minimum atomic E-state index is 0.0656. The molecule has 1 aromatic carbocycles. The molecule has 1 saturated heterocycles. The average molecular weight is 391 g/mol. The Morgan fingerprint density at radius 2 is 1.75 bits per heavy atom. The van der Waals surface area contributed by atoms with E-state index in [2.05, 4.69) is 53.4 Å². The number of aliphatic imine (C=N–C) groups is 1. The van der Waals surface area contributed by atoms with Gasteiger partial charge in [-0.1, -0.05) is 39.0 Å². The summed E-state index contributed by atoms with van der Waals surface area (Å²) >= 11 is 0. The SMILES string of the molecule is CN=C(NCC(c1ccccc1OC)N1CCCC1)NCC(OC)C(C)(C)C. The van der Waals surface area contributed by atoms with Crippen molar-refractivity contribution in [2.45, 2.75) is 45.8 Å². The number of methoxy groups -OCH3 is 2. The van der Waals surface area contributed by atoms with Crippen molar-refractivity contribution >= 4 is 5.96 Å². The molecule has 0 amide bonds. The number of guanidine groups is 1. The van der Waals surface area contributed by atoms with E-state index >= 15 is 0 Å². The molecule has 28 heavy (non-hydrogen) atoms. The predicted octanol–water partition coefficient (Wildman–Crippen LogP) is 3.06. The molecule has 158 valence electrons. The quantitative estimate of drug-likeness (QED) is 0.528. The first-order valence-electron chi connectivity index (χ1n) is 10.2. The number of ether oxygens (including phenoxy) is 2. The highest BCUT2D eigenvalue weighted by Crippen LogP contribution is 2.31. The molecular formula is C22H38N4O2. The van der Waals surface area contributed by atoms with Crippen LogP contribution in [0.15, 0.2) is 29.3 Å². The van der Waals surface area contributed by atoms with Crippen molar-refractivity contribution < 1.29 is 9.47 Å². The van der Waals surface area contributed by atoms with E-state index in [0.29, 0.717) is 6.54 Å². The molecule has 1 fully saturated rings. The molecule has 0 aliphatic carbocycles. The molecular weight excluding hydrogens is 352 g/mol. The Balaban J connectivity index is 2.05. The van der Waals surface area contributed by atoms with E-state index in [9.17, 15) is 0 Å². The van der Waals surface area contributed by atoms with Gasteiger partial charge in [-0.3, -0.25) is 9.89 Å². The Morgan fingerprint density at radius 1 is 1.11 bits per heavy atom. The molecule has 1 heterocycles. The highest BCUT2D eigenvalue weighted by Gasteiger charge is 2.27. The molecule has 2 atom stereocenters. The Kier molecular flexibility index (Phi) is 8.58. The number of benzene rings is 1. The van der Waals surface area contributed by atoms with Crippen LogP contribution >= 0.6 is 0 Å². The Bertz CT molecular complexity index is 621. The molecule has 1 aliphatic rings. The van der Waals surface area contributed by atoms with Gasteiger partial charge in [0.15, 0.2) is 5.96 Å². The summed E-state index contributed by atoms with van der Waals surface area (Å²) in [7, 11) is 5.31. The molecule has 2 rings (SSSR count). The molecule has 6 heteroatoms. The lowest BCUT2D eigenvalue weighted by molar-refractivity contribution is 0.0205. The number of rotatable bonds is 8. The smallest absolute Gasteiger partial charge is 0.191 e. The molecule has 0 radical (unpaired) electrons. The summed E-state index contributed by atoms with van der Waals surface area (Å²) in [5, 5.41) is 6.93. The van der Waals surface area contributed by atoms with Crippen molar-refractivity contribution in [2.75, 3.05) is 47.4 Å². The molecule has 2 N–H and O–H groups in total. The topological polar surface area (TPSA) is 58.1 Å². The Labute approximate surface area is 170 Å². The summed E-state index contributed by atoms with van der Waals surface area (Å²) in [5.41, 5.74) is 1.29. The van der Waals surface area contributed by atoms with Crippen LogP contribution in [0.1, 0.15) is 45.2 Å². The van der Waals surface area contributed by atoms with Crippen LogP contribution in [-0.4, -0.2) is 64.4 Å². The van der Waals surface area contributed by atoms with Crippen LogP contribution in [0.2, 0.25) is 0 Å². The van der Waals surface area contributed by atoms with Crippen molar-refractivity contribution in [3.63, 3.8) is 0 Å². The standard InChI is InChI=1S/C22H38N4O2/c1-22(2,3)20(28-6)16-25-21(23-4)24-15-18(26-13-9-10-14-26)17-11-7-8-12-19(17)27-5/h7-8,11-12,18,20H,9-10,13-16H2,1-6H3,(H2,23,24,25). The van der Waals surface area contributed by atoms with Gasteiger partial charge < -0.3 is 20.1 Å². The third kappa shape index (κ3) is 6.11. The van der Waals surface area contributed by atoms with E-state index in [4.69, 9.17) is 9.47 Å². The zero-order chi connectivity index (χ0) is 20.6. The monoisotopic (exact) mass is 390 g/mol. The zero-order valence-electron chi connectivity index (χ0n) is 18.4. The number of hydrogen-bond donors (Lipinski definition) is 2. The van der Waals surface area contributed by atoms with Crippen molar-refractivity contribution in [3.05, 3.63) is 29.8 Å². The number of para-hydroxylation sites is 1. The van der Waals surface area contributed by atoms with Gasteiger partial charge in [-0.05, 0) is 37.4 Å². The Hall–Kier alpha value is -1.79. The normalized spacial score (nSPS) is 18.0. The second kappa shape index (κ2) is 10.7. The van der Waals surface area contributed by atoms with Crippen molar-refractivity contribution in [1.82, 2.24) is 15.5 Å². The maximum absolute atomic E-state index is 5.65. The molecule has 6 nitrogen and oxygen atoms in total. The number of likely N-dealkylation sites (tertiary alicyclic amines) is 1.